The lowest BCUT2D eigenvalue weighted by Gasteiger charge is -2.24. The second kappa shape index (κ2) is 6.86. The van der Waals surface area contributed by atoms with E-state index < -0.39 is 10.2 Å². The van der Waals surface area contributed by atoms with Gasteiger partial charge in [0, 0.05) is 33.2 Å². The smallest absolute Gasteiger partial charge is 0.279 e. The van der Waals surface area contributed by atoms with Crippen molar-refractivity contribution in [2.45, 2.75) is 19.9 Å². The Kier molecular flexibility index (Phi) is 4.95. The van der Waals surface area contributed by atoms with Crippen LogP contribution >= 0.6 is 0 Å². The van der Waals surface area contributed by atoms with Crippen molar-refractivity contribution >= 4 is 27.1 Å². The lowest BCUT2D eigenvalue weighted by Crippen LogP contribution is -2.46. The highest BCUT2D eigenvalue weighted by molar-refractivity contribution is 7.87. The molecule has 25 heavy (non-hydrogen) atoms. The van der Waals surface area contributed by atoms with Crippen LogP contribution < -0.4 is 9.62 Å². The first kappa shape index (κ1) is 18.0. The summed E-state index contributed by atoms with van der Waals surface area (Å²) >= 11 is 0. The Morgan fingerprint density at radius 2 is 1.88 bits per heavy atom. The maximum Gasteiger partial charge on any atom is 0.279 e. The van der Waals surface area contributed by atoms with Gasteiger partial charge >= 0.3 is 0 Å². The number of aromatic nitrogens is 2. The highest BCUT2D eigenvalue weighted by Crippen LogP contribution is 2.28. The fourth-order valence-electron chi connectivity index (χ4n) is 3.21. The Hall–Kier alpha value is -1.77. The summed E-state index contributed by atoms with van der Waals surface area (Å²) in [6, 6.07) is 7.60. The molecule has 0 bridgehead atoms. The van der Waals surface area contributed by atoms with Crippen molar-refractivity contribution in [1.82, 2.24) is 19.0 Å². The Labute approximate surface area is 149 Å². The largest absolute Gasteiger partial charge is 0.353 e. The third-order valence-corrected chi connectivity index (χ3v) is 6.32. The van der Waals surface area contributed by atoms with E-state index in [1.165, 1.54) is 18.4 Å². The molecular weight excluding hydrogens is 338 g/mol. The van der Waals surface area contributed by atoms with Crippen molar-refractivity contribution < 1.29 is 8.42 Å². The van der Waals surface area contributed by atoms with Gasteiger partial charge < -0.3 is 4.90 Å². The number of nitrogens with zero attached hydrogens (tertiary/aromatic N) is 4. The number of fused-ring (bicyclic) bond motifs is 1. The quantitative estimate of drug-likeness (QED) is 0.871. The summed E-state index contributed by atoms with van der Waals surface area (Å²) in [6.07, 6.45) is 1.77. The Morgan fingerprint density at radius 1 is 1.20 bits per heavy atom. The molecule has 1 N–H and O–H groups in total. The number of para-hydroxylation sites is 2. The van der Waals surface area contributed by atoms with Gasteiger partial charge in [0.15, 0.2) is 0 Å². The van der Waals surface area contributed by atoms with E-state index in [-0.39, 0.29) is 12.0 Å². The lowest BCUT2D eigenvalue weighted by molar-refractivity contribution is 0.358. The first-order chi connectivity index (χ1) is 11.8. The average molecular weight is 363 g/mol. The van der Waals surface area contributed by atoms with E-state index in [9.17, 15) is 8.42 Å². The molecule has 0 saturated carbocycles. The van der Waals surface area contributed by atoms with Crippen LogP contribution in [0, 0.1) is 11.8 Å². The van der Waals surface area contributed by atoms with Gasteiger partial charge in [0.2, 0.25) is 0 Å². The Morgan fingerprint density at radius 3 is 2.52 bits per heavy atom. The second-order valence-electron chi connectivity index (χ2n) is 7.04. The van der Waals surface area contributed by atoms with E-state index in [1.807, 2.05) is 24.3 Å². The van der Waals surface area contributed by atoms with Crippen molar-refractivity contribution in [2.75, 3.05) is 32.1 Å². The van der Waals surface area contributed by atoms with Crippen LogP contribution in [0.4, 0.5) is 5.82 Å². The molecule has 0 radical (unpaired) electrons. The van der Waals surface area contributed by atoms with Crippen LogP contribution in [-0.4, -0.2) is 55.9 Å². The number of rotatable bonds is 5. The summed E-state index contributed by atoms with van der Waals surface area (Å²) in [5, 5.41) is 0. The normalized spacial score (nSPS) is 21.6. The minimum atomic E-state index is -3.47. The lowest BCUT2D eigenvalue weighted by atomic mass is 9.92. The molecule has 136 valence electrons. The molecule has 0 aliphatic carbocycles. The number of nitrogens with one attached hydrogen (secondary N) is 1. The van der Waals surface area contributed by atoms with Crippen LogP contribution in [0.1, 0.15) is 13.8 Å². The molecule has 1 aliphatic rings. The number of hydrogen-bond acceptors (Lipinski definition) is 5. The van der Waals surface area contributed by atoms with E-state index in [4.69, 9.17) is 4.98 Å². The highest BCUT2D eigenvalue weighted by Gasteiger charge is 2.38. The maximum atomic E-state index is 12.2. The molecule has 0 amide bonds. The van der Waals surface area contributed by atoms with Crippen molar-refractivity contribution in [3.05, 3.63) is 30.5 Å². The van der Waals surface area contributed by atoms with Gasteiger partial charge in [-0.3, -0.25) is 4.98 Å². The van der Waals surface area contributed by atoms with Crippen LogP contribution in [0.2, 0.25) is 0 Å². The Bertz CT molecular complexity index is 853. The van der Waals surface area contributed by atoms with Gasteiger partial charge in [-0.25, -0.2) is 4.98 Å². The third-order valence-electron chi connectivity index (χ3n) is 4.76. The van der Waals surface area contributed by atoms with E-state index in [0.29, 0.717) is 12.5 Å². The fourth-order valence-corrected chi connectivity index (χ4v) is 4.06. The van der Waals surface area contributed by atoms with Gasteiger partial charge in [-0.05, 0) is 24.0 Å². The molecular formula is C17H25N5O2S. The van der Waals surface area contributed by atoms with Crippen LogP contribution in [0.3, 0.4) is 0 Å². The number of anilines is 1. The van der Waals surface area contributed by atoms with Crippen molar-refractivity contribution in [1.29, 1.82) is 0 Å². The zero-order valence-electron chi connectivity index (χ0n) is 15.0. The molecule has 0 spiro atoms. The number of benzene rings is 1. The van der Waals surface area contributed by atoms with E-state index in [2.05, 4.69) is 28.5 Å². The zero-order valence-corrected chi connectivity index (χ0v) is 15.9. The van der Waals surface area contributed by atoms with Gasteiger partial charge in [-0.1, -0.05) is 26.0 Å². The van der Waals surface area contributed by atoms with Crippen molar-refractivity contribution in [3.63, 3.8) is 0 Å². The first-order valence-electron chi connectivity index (χ1n) is 8.44. The van der Waals surface area contributed by atoms with Gasteiger partial charge in [-0.15, -0.1) is 0 Å². The number of hydrogen-bond donors (Lipinski definition) is 1. The summed E-state index contributed by atoms with van der Waals surface area (Å²) in [5.74, 6) is 1.35. The monoisotopic (exact) mass is 363 g/mol. The first-order valence-corrected chi connectivity index (χ1v) is 9.88. The average Bonchev–Trinajstić information content (AvgIpc) is 2.97. The third kappa shape index (κ3) is 3.75. The maximum absolute atomic E-state index is 12.2. The molecule has 7 nitrogen and oxygen atoms in total. The summed E-state index contributed by atoms with van der Waals surface area (Å²) < 4.78 is 28.5. The molecule has 1 aromatic carbocycles. The molecule has 2 aromatic rings. The Balaban J connectivity index is 1.85. The molecule has 1 saturated heterocycles. The summed E-state index contributed by atoms with van der Waals surface area (Å²) in [7, 11) is -0.396. The molecule has 1 aliphatic heterocycles. The van der Waals surface area contributed by atoms with Crippen LogP contribution in [0.15, 0.2) is 30.5 Å². The van der Waals surface area contributed by atoms with E-state index in [1.54, 1.807) is 6.20 Å². The fraction of sp³-hybridized carbons (Fsp3) is 0.529. The van der Waals surface area contributed by atoms with Gasteiger partial charge in [0.25, 0.3) is 10.2 Å². The predicted molar refractivity (Wildman–Crippen MR) is 99.6 cm³/mol. The SMILES string of the molecule is CC(C)[C@@H]1CN(c2cnc3ccccc3n2)C[C@H]1NS(=O)(=O)N(C)C. The van der Waals surface area contributed by atoms with Gasteiger partial charge in [0.1, 0.15) is 5.82 Å². The summed E-state index contributed by atoms with van der Waals surface area (Å²) in [6.45, 7) is 5.59. The topological polar surface area (TPSA) is 78.4 Å². The molecule has 2 atom stereocenters. The van der Waals surface area contributed by atoms with Gasteiger partial charge in [-0.2, -0.15) is 17.4 Å². The molecule has 8 heteroatoms. The standard InChI is InChI=1S/C17H25N5O2S/c1-12(2)13-10-22(11-16(13)20-25(23,24)21(3)4)17-9-18-14-7-5-6-8-15(14)19-17/h5-9,12-13,16,20H,10-11H2,1-4H3/t13-,16+/m0/s1. The van der Waals surface area contributed by atoms with E-state index >= 15 is 0 Å². The predicted octanol–water partition coefficient (Wildman–Crippen LogP) is 1.49. The molecule has 2 heterocycles. The molecule has 3 rings (SSSR count). The minimum Gasteiger partial charge on any atom is -0.353 e. The summed E-state index contributed by atoms with van der Waals surface area (Å²) in [4.78, 5) is 11.3. The summed E-state index contributed by atoms with van der Waals surface area (Å²) in [5.41, 5.74) is 1.70. The molecule has 0 unspecified atom stereocenters. The minimum absolute atomic E-state index is 0.152. The van der Waals surface area contributed by atoms with Crippen LogP contribution in [-0.2, 0) is 10.2 Å². The molecule has 1 aromatic heterocycles. The highest BCUT2D eigenvalue weighted by atomic mass is 32.2. The second-order valence-corrected chi connectivity index (χ2v) is 8.96. The zero-order chi connectivity index (χ0) is 18.2. The van der Waals surface area contributed by atoms with E-state index in [0.717, 1.165) is 23.4 Å². The van der Waals surface area contributed by atoms with Crippen LogP contribution in [0.25, 0.3) is 11.0 Å². The van der Waals surface area contributed by atoms with Crippen LogP contribution in [0.5, 0.6) is 0 Å². The van der Waals surface area contributed by atoms with Gasteiger partial charge in [0.05, 0.1) is 17.2 Å². The van der Waals surface area contributed by atoms with Crippen molar-refractivity contribution in [3.8, 4) is 0 Å². The molecule has 1 fully saturated rings. The van der Waals surface area contributed by atoms with Crippen molar-refractivity contribution in [2.24, 2.45) is 11.8 Å².